The molecule has 0 saturated heterocycles. The molecule has 0 aliphatic rings. The molecule has 0 aliphatic heterocycles. The molecule has 0 aromatic heterocycles. The van der Waals surface area contributed by atoms with E-state index in [1.807, 2.05) is 0 Å². The summed E-state index contributed by atoms with van der Waals surface area (Å²) < 4.78 is 4.70. The molecule has 0 amide bonds. The quantitative estimate of drug-likeness (QED) is 0.370. The number of hydrogen-bond acceptors (Lipinski definition) is 5. The Kier molecular flexibility index (Phi) is 4.86. The summed E-state index contributed by atoms with van der Waals surface area (Å²) in [7, 11) is 0. The summed E-state index contributed by atoms with van der Waals surface area (Å²) in [5, 5.41) is 10.8. The minimum atomic E-state index is -0.548. The molecule has 0 atom stereocenters. The Labute approximate surface area is 104 Å². The average molecular weight is 250 g/mol. The first-order chi connectivity index (χ1) is 8.54. The van der Waals surface area contributed by atoms with E-state index in [0.717, 1.165) is 6.08 Å². The molecule has 6 heteroatoms. The van der Waals surface area contributed by atoms with Crippen molar-refractivity contribution in [2.45, 2.75) is 13.3 Å². The second-order valence-corrected chi connectivity index (χ2v) is 3.53. The highest BCUT2D eigenvalue weighted by molar-refractivity contribution is 5.82. The van der Waals surface area contributed by atoms with Crippen molar-refractivity contribution in [3.63, 3.8) is 0 Å². The van der Waals surface area contributed by atoms with Gasteiger partial charge in [0.1, 0.15) is 0 Å². The molecular weight excluding hydrogens is 236 g/mol. The van der Waals surface area contributed by atoms with E-state index < -0.39 is 10.9 Å². The number of ether oxygens (including phenoxy) is 1. The van der Waals surface area contributed by atoms with Crippen molar-refractivity contribution >= 4 is 11.7 Å². The molecule has 0 unspecified atom stereocenters. The van der Waals surface area contributed by atoms with Gasteiger partial charge in [-0.05, 0) is 6.92 Å². The van der Waals surface area contributed by atoms with E-state index in [4.69, 9.17) is 10.5 Å². The summed E-state index contributed by atoms with van der Waals surface area (Å²) in [6.07, 6.45) is 1.27. The largest absolute Gasteiger partial charge is 0.463 e. The number of allylic oxidation sites excluding steroid dienone is 1. The van der Waals surface area contributed by atoms with Crippen LogP contribution in [0.1, 0.15) is 12.5 Å². The first-order valence-corrected chi connectivity index (χ1v) is 5.39. The topological polar surface area (TPSA) is 95.5 Å². The predicted molar refractivity (Wildman–Crippen MR) is 65.7 cm³/mol. The molecule has 1 rings (SSSR count). The van der Waals surface area contributed by atoms with Crippen LogP contribution < -0.4 is 5.73 Å². The van der Waals surface area contributed by atoms with E-state index in [1.165, 1.54) is 6.07 Å². The third-order valence-electron chi connectivity index (χ3n) is 2.17. The summed E-state index contributed by atoms with van der Waals surface area (Å²) in [4.78, 5) is 21.5. The Hall–Kier alpha value is -2.37. The smallest absolute Gasteiger partial charge is 0.332 e. The number of nitro groups is 1. The van der Waals surface area contributed by atoms with E-state index >= 15 is 0 Å². The zero-order valence-electron chi connectivity index (χ0n) is 9.96. The lowest BCUT2D eigenvalue weighted by molar-refractivity contribution is -0.385. The standard InChI is InChI=1S/C12H14N2O4/c1-2-18-12(15)8-10(13)7-9-5-3-4-6-11(9)14(16)17/h3-6,8H,2,7,13H2,1H3/b10-8-. The summed E-state index contributed by atoms with van der Waals surface area (Å²) in [5.74, 6) is -0.548. The van der Waals surface area contributed by atoms with E-state index in [-0.39, 0.29) is 24.4 Å². The molecule has 1 aromatic carbocycles. The van der Waals surface area contributed by atoms with Crippen molar-refractivity contribution in [1.82, 2.24) is 0 Å². The average Bonchev–Trinajstić information content (AvgIpc) is 2.29. The molecule has 0 aliphatic carbocycles. The van der Waals surface area contributed by atoms with E-state index in [1.54, 1.807) is 25.1 Å². The van der Waals surface area contributed by atoms with Gasteiger partial charge in [0.2, 0.25) is 0 Å². The highest BCUT2D eigenvalue weighted by Gasteiger charge is 2.13. The number of hydrogen-bond donors (Lipinski definition) is 1. The van der Waals surface area contributed by atoms with Crippen molar-refractivity contribution in [3.05, 3.63) is 51.7 Å². The summed E-state index contributed by atoms with van der Waals surface area (Å²) >= 11 is 0. The summed E-state index contributed by atoms with van der Waals surface area (Å²) in [6, 6.07) is 6.25. The van der Waals surface area contributed by atoms with Crippen molar-refractivity contribution in [1.29, 1.82) is 0 Å². The lowest BCUT2D eigenvalue weighted by atomic mass is 10.1. The van der Waals surface area contributed by atoms with Crippen LogP contribution in [0.25, 0.3) is 0 Å². The third kappa shape index (κ3) is 3.89. The van der Waals surface area contributed by atoms with Crippen LogP contribution in [0.2, 0.25) is 0 Å². The van der Waals surface area contributed by atoms with Crippen LogP contribution in [0.5, 0.6) is 0 Å². The number of benzene rings is 1. The second kappa shape index (κ2) is 6.39. The molecule has 18 heavy (non-hydrogen) atoms. The number of nitro benzene ring substituents is 1. The first-order valence-electron chi connectivity index (χ1n) is 5.39. The number of rotatable bonds is 5. The molecule has 0 heterocycles. The van der Waals surface area contributed by atoms with Crippen LogP contribution in [0.3, 0.4) is 0 Å². The van der Waals surface area contributed by atoms with E-state index in [9.17, 15) is 14.9 Å². The van der Waals surface area contributed by atoms with Crippen molar-refractivity contribution in [2.24, 2.45) is 5.73 Å². The van der Waals surface area contributed by atoms with Crippen LogP contribution in [-0.2, 0) is 16.0 Å². The van der Waals surface area contributed by atoms with Crippen LogP contribution in [0.4, 0.5) is 5.69 Å². The van der Waals surface area contributed by atoms with Crippen LogP contribution in [-0.4, -0.2) is 17.5 Å². The molecule has 0 bridgehead atoms. The fraction of sp³-hybridized carbons (Fsp3) is 0.250. The molecular formula is C12H14N2O4. The maximum atomic E-state index is 11.1. The van der Waals surface area contributed by atoms with Gasteiger partial charge in [0, 0.05) is 29.8 Å². The molecule has 96 valence electrons. The minimum Gasteiger partial charge on any atom is -0.463 e. The Morgan fingerprint density at radius 2 is 2.17 bits per heavy atom. The SMILES string of the molecule is CCOC(=O)/C=C(\N)Cc1ccccc1[N+](=O)[O-]. The lowest BCUT2D eigenvalue weighted by Crippen LogP contribution is -2.08. The lowest BCUT2D eigenvalue weighted by Gasteiger charge is -2.03. The highest BCUT2D eigenvalue weighted by atomic mass is 16.6. The van der Waals surface area contributed by atoms with Gasteiger partial charge in [0.25, 0.3) is 5.69 Å². The third-order valence-corrected chi connectivity index (χ3v) is 2.17. The van der Waals surface area contributed by atoms with Gasteiger partial charge in [-0.2, -0.15) is 0 Å². The highest BCUT2D eigenvalue weighted by Crippen LogP contribution is 2.19. The number of nitrogens with zero attached hydrogens (tertiary/aromatic N) is 1. The van der Waals surface area contributed by atoms with Crippen LogP contribution in [0.15, 0.2) is 36.0 Å². The van der Waals surface area contributed by atoms with Crippen molar-refractivity contribution < 1.29 is 14.5 Å². The molecule has 0 spiro atoms. The van der Waals surface area contributed by atoms with E-state index in [2.05, 4.69) is 0 Å². The maximum absolute atomic E-state index is 11.1. The monoisotopic (exact) mass is 250 g/mol. The van der Waals surface area contributed by atoms with Crippen LogP contribution in [0, 0.1) is 10.1 Å². The van der Waals surface area contributed by atoms with Gasteiger partial charge in [-0.25, -0.2) is 4.79 Å². The van der Waals surface area contributed by atoms with Gasteiger partial charge in [0.15, 0.2) is 0 Å². The molecule has 0 radical (unpaired) electrons. The van der Waals surface area contributed by atoms with Crippen molar-refractivity contribution in [2.75, 3.05) is 6.61 Å². The molecule has 2 N–H and O–H groups in total. The number of carbonyl (C=O) groups is 1. The zero-order chi connectivity index (χ0) is 13.5. The number of esters is 1. The van der Waals surface area contributed by atoms with Gasteiger partial charge < -0.3 is 10.5 Å². The molecule has 6 nitrogen and oxygen atoms in total. The molecule has 0 saturated carbocycles. The van der Waals surface area contributed by atoms with Crippen molar-refractivity contribution in [3.8, 4) is 0 Å². The zero-order valence-corrected chi connectivity index (χ0v) is 9.96. The Morgan fingerprint density at radius 3 is 2.78 bits per heavy atom. The fourth-order valence-corrected chi connectivity index (χ4v) is 1.44. The second-order valence-electron chi connectivity index (χ2n) is 3.53. The Balaban J connectivity index is 2.85. The summed E-state index contributed by atoms with van der Waals surface area (Å²) in [5.41, 5.74) is 6.31. The normalized spacial score (nSPS) is 11.1. The van der Waals surface area contributed by atoms with Crippen LogP contribution >= 0.6 is 0 Å². The van der Waals surface area contributed by atoms with Gasteiger partial charge in [-0.3, -0.25) is 10.1 Å². The first kappa shape index (κ1) is 13.7. The Bertz CT molecular complexity index is 483. The predicted octanol–water partition coefficient (Wildman–Crippen LogP) is 1.54. The Morgan fingerprint density at radius 1 is 1.50 bits per heavy atom. The van der Waals surface area contributed by atoms with Gasteiger partial charge in [-0.15, -0.1) is 0 Å². The fourth-order valence-electron chi connectivity index (χ4n) is 1.44. The number of para-hydroxylation sites is 1. The number of nitrogens with two attached hydrogens (primary N) is 1. The van der Waals surface area contributed by atoms with Gasteiger partial charge in [-0.1, -0.05) is 18.2 Å². The number of carbonyl (C=O) groups excluding carboxylic acids is 1. The molecule has 0 fully saturated rings. The molecule has 1 aromatic rings. The minimum absolute atomic E-state index is 0.0160. The van der Waals surface area contributed by atoms with E-state index in [0.29, 0.717) is 5.56 Å². The summed E-state index contributed by atoms with van der Waals surface area (Å²) in [6.45, 7) is 1.94. The van der Waals surface area contributed by atoms with Gasteiger partial charge in [0.05, 0.1) is 11.5 Å². The maximum Gasteiger partial charge on any atom is 0.332 e. The van der Waals surface area contributed by atoms with Gasteiger partial charge >= 0.3 is 5.97 Å².